The monoisotopic (exact) mass is 341 g/mol. The number of para-hydroxylation sites is 2. The number of fused-ring (bicyclic) bond motifs is 1. The molecule has 1 amide bonds. The number of nitrogens with zero attached hydrogens (tertiary/aromatic N) is 3. The number of carbonyl (C=O) groups is 1. The lowest BCUT2D eigenvalue weighted by molar-refractivity contribution is 0.0706. The predicted octanol–water partition coefficient (Wildman–Crippen LogP) is 3.90. The average molecular weight is 342 g/mol. The summed E-state index contributed by atoms with van der Waals surface area (Å²) < 4.78 is 5.86. The number of pyridine rings is 1. The molecule has 0 saturated carbocycles. The van der Waals surface area contributed by atoms with Gasteiger partial charge in [0, 0.05) is 25.2 Å². The topological polar surface area (TPSA) is 59.2 Å². The molecule has 0 radical (unpaired) electrons. The lowest BCUT2D eigenvalue weighted by atomic mass is 9.96. The van der Waals surface area contributed by atoms with Gasteiger partial charge in [0.15, 0.2) is 11.5 Å². The van der Waals surface area contributed by atoms with Crippen LogP contribution in [0.15, 0.2) is 47.0 Å². The zero-order chi connectivity index (χ0) is 16.5. The van der Waals surface area contributed by atoms with Crippen molar-refractivity contribution in [2.45, 2.75) is 18.8 Å². The number of aromatic nitrogens is 2. The Morgan fingerprint density at radius 3 is 2.67 bits per heavy atom. The fraction of sp³-hybridized carbons (Fsp3) is 0.278. The van der Waals surface area contributed by atoms with Crippen molar-refractivity contribution in [2.75, 3.05) is 13.1 Å². The smallest absolute Gasteiger partial charge is 0.255 e. The van der Waals surface area contributed by atoms with Crippen LogP contribution in [-0.4, -0.2) is 33.9 Å². The van der Waals surface area contributed by atoms with E-state index in [1.807, 2.05) is 29.2 Å². The number of amides is 1. The van der Waals surface area contributed by atoms with E-state index in [0.717, 1.165) is 29.8 Å². The maximum Gasteiger partial charge on any atom is 0.255 e. The molecule has 1 aliphatic heterocycles. The second-order valence-corrected chi connectivity index (χ2v) is 6.34. The van der Waals surface area contributed by atoms with Gasteiger partial charge in [0.25, 0.3) is 5.91 Å². The minimum atomic E-state index is -0.00446. The molecular formula is C18H16ClN3O2. The first-order chi connectivity index (χ1) is 11.7. The van der Waals surface area contributed by atoms with Crippen molar-refractivity contribution in [3.8, 4) is 0 Å². The molecule has 0 atom stereocenters. The normalized spacial score (nSPS) is 15.8. The molecule has 0 unspecified atom stereocenters. The second-order valence-electron chi connectivity index (χ2n) is 5.96. The van der Waals surface area contributed by atoms with Gasteiger partial charge in [0.1, 0.15) is 10.7 Å². The molecule has 1 aromatic carbocycles. The number of likely N-dealkylation sites (tertiary alicyclic amines) is 1. The predicted molar refractivity (Wildman–Crippen MR) is 91.1 cm³/mol. The Hall–Kier alpha value is -2.40. The lowest BCUT2D eigenvalue weighted by Gasteiger charge is -2.30. The summed E-state index contributed by atoms with van der Waals surface area (Å²) in [5.41, 5.74) is 2.27. The molecule has 1 saturated heterocycles. The van der Waals surface area contributed by atoms with Gasteiger partial charge < -0.3 is 9.32 Å². The van der Waals surface area contributed by atoms with Crippen molar-refractivity contribution >= 4 is 28.6 Å². The Balaban J connectivity index is 1.44. The lowest BCUT2D eigenvalue weighted by Crippen LogP contribution is -2.38. The van der Waals surface area contributed by atoms with Crippen LogP contribution in [0.3, 0.4) is 0 Å². The summed E-state index contributed by atoms with van der Waals surface area (Å²) in [6, 6.07) is 11.1. The van der Waals surface area contributed by atoms with Crippen molar-refractivity contribution < 1.29 is 9.21 Å². The summed E-state index contributed by atoms with van der Waals surface area (Å²) in [6.45, 7) is 1.37. The van der Waals surface area contributed by atoms with Crippen LogP contribution in [0, 0.1) is 0 Å². The van der Waals surface area contributed by atoms with E-state index in [2.05, 4.69) is 9.97 Å². The summed E-state index contributed by atoms with van der Waals surface area (Å²) in [5.74, 6) is 1.02. The summed E-state index contributed by atoms with van der Waals surface area (Å²) in [4.78, 5) is 22.9. The number of carbonyl (C=O) groups excluding carboxylic acids is 1. The summed E-state index contributed by atoms with van der Waals surface area (Å²) in [7, 11) is 0. The number of halogens is 1. The first-order valence-electron chi connectivity index (χ1n) is 7.97. The quantitative estimate of drug-likeness (QED) is 0.663. The minimum absolute atomic E-state index is 0.00446. The van der Waals surface area contributed by atoms with Crippen LogP contribution in [0.25, 0.3) is 11.1 Å². The molecule has 122 valence electrons. The van der Waals surface area contributed by atoms with Gasteiger partial charge in [0.05, 0.1) is 5.56 Å². The van der Waals surface area contributed by atoms with Gasteiger partial charge in [-0.2, -0.15) is 0 Å². The summed E-state index contributed by atoms with van der Waals surface area (Å²) in [6.07, 6.45) is 3.22. The number of rotatable bonds is 2. The average Bonchev–Trinajstić information content (AvgIpc) is 3.06. The Morgan fingerprint density at radius 1 is 1.17 bits per heavy atom. The number of benzene rings is 1. The minimum Gasteiger partial charge on any atom is -0.440 e. The van der Waals surface area contributed by atoms with Gasteiger partial charge >= 0.3 is 0 Å². The second kappa shape index (κ2) is 6.24. The number of oxazole rings is 1. The molecular weight excluding hydrogens is 326 g/mol. The maximum atomic E-state index is 12.5. The van der Waals surface area contributed by atoms with E-state index in [-0.39, 0.29) is 11.8 Å². The third-order valence-electron chi connectivity index (χ3n) is 4.42. The van der Waals surface area contributed by atoms with Crippen LogP contribution in [0.5, 0.6) is 0 Å². The highest BCUT2D eigenvalue weighted by Crippen LogP contribution is 2.30. The first kappa shape index (κ1) is 15.1. The Kier molecular flexibility index (Phi) is 3.94. The van der Waals surface area contributed by atoms with Crippen LogP contribution in [-0.2, 0) is 0 Å². The Morgan fingerprint density at radius 2 is 1.96 bits per heavy atom. The van der Waals surface area contributed by atoms with E-state index in [0.29, 0.717) is 23.8 Å². The fourth-order valence-corrected chi connectivity index (χ4v) is 3.19. The first-order valence-corrected chi connectivity index (χ1v) is 8.35. The molecule has 0 N–H and O–H groups in total. The van der Waals surface area contributed by atoms with Crippen molar-refractivity contribution in [2.24, 2.45) is 0 Å². The summed E-state index contributed by atoms with van der Waals surface area (Å²) in [5, 5.41) is 0.390. The molecule has 3 aromatic rings. The van der Waals surface area contributed by atoms with Gasteiger partial charge in [-0.3, -0.25) is 4.79 Å². The molecule has 1 fully saturated rings. The maximum absolute atomic E-state index is 12.5. The molecule has 2 aromatic heterocycles. The highest BCUT2D eigenvalue weighted by Gasteiger charge is 2.27. The molecule has 0 spiro atoms. The van der Waals surface area contributed by atoms with Gasteiger partial charge in [-0.1, -0.05) is 23.7 Å². The van der Waals surface area contributed by atoms with E-state index in [1.54, 1.807) is 12.1 Å². The van der Waals surface area contributed by atoms with Crippen molar-refractivity contribution in [1.82, 2.24) is 14.9 Å². The highest BCUT2D eigenvalue weighted by atomic mass is 35.5. The Labute approximate surface area is 144 Å². The number of piperidine rings is 1. The largest absolute Gasteiger partial charge is 0.440 e. The number of hydrogen-bond donors (Lipinski definition) is 0. The molecule has 3 heterocycles. The van der Waals surface area contributed by atoms with Crippen LogP contribution in [0.4, 0.5) is 0 Å². The van der Waals surface area contributed by atoms with Gasteiger partial charge in [-0.05, 0) is 37.1 Å². The van der Waals surface area contributed by atoms with Gasteiger partial charge in [0.2, 0.25) is 0 Å². The van der Waals surface area contributed by atoms with E-state index in [9.17, 15) is 4.79 Å². The zero-order valence-electron chi connectivity index (χ0n) is 13.0. The van der Waals surface area contributed by atoms with Crippen LogP contribution >= 0.6 is 11.6 Å². The van der Waals surface area contributed by atoms with Crippen LogP contribution in [0.2, 0.25) is 5.15 Å². The molecule has 5 nitrogen and oxygen atoms in total. The molecule has 6 heteroatoms. The van der Waals surface area contributed by atoms with E-state index in [4.69, 9.17) is 16.0 Å². The highest BCUT2D eigenvalue weighted by molar-refractivity contribution is 6.29. The molecule has 0 aliphatic carbocycles. The van der Waals surface area contributed by atoms with E-state index >= 15 is 0 Å². The van der Waals surface area contributed by atoms with Crippen LogP contribution < -0.4 is 0 Å². The SMILES string of the molecule is O=C(c1ccc(Cl)nc1)N1CCC(c2nc3ccccc3o2)CC1. The zero-order valence-corrected chi connectivity index (χ0v) is 13.7. The van der Waals surface area contributed by atoms with Crippen LogP contribution in [0.1, 0.15) is 35.0 Å². The fourth-order valence-electron chi connectivity index (χ4n) is 3.08. The molecule has 0 bridgehead atoms. The third-order valence-corrected chi connectivity index (χ3v) is 4.64. The van der Waals surface area contributed by atoms with Crippen molar-refractivity contribution in [1.29, 1.82) is 0 Å². The molecule has 1 aliphatic rings. The molecule has 4 rings (SSSR count). The van der Waals surface area contributed by atoms with Gasteiger partial charge in [-0.15, -0.1) is 0 Å². The van der Waals surface area contributed by atoms with Crippen molar-refractivity contribution in [3.05, 3.63) is 59.2 Å². The van der Waals surface area contributed by atoms with Crippen molar-refractivity contribution in [3.63, 3.8) is 0 Å². The summed E-state index contributed by atoms with van der Waals surface area (Å²) >= 11 is 5.77. The molecule has 24 heavy (non-hydrogen) atoms. The number of hydrogen-bond acceptors (Lipinski definition) is 4. The van der Waals surface area contributed by atoms with E-state index in [1.165, 1.54) is 6.20 Å². The Bertz CT molecular complexity index is 834. The van der Waals surface area contributed by atoms with E-state index < -0.39 is 0 Å². The van der Waals surface area contributed by atoms with Gasteiger partial charge in [-0.25, -0.2) is 9.97 Å². The third kappa shape index (κ3) is 2.87. The standard InChI is InChI=1S/C18H16ClN3O2/c19-16-6-5-13(11-20-16)18(23)22-9-7-12(8-10-22)17-21-14-3-1-2-4-15(14)24-17/h1-6,11-12H,7-10H2.